The predicted molar refractivity (Wildman–Crippen MR) is 77.6 cm³/mol. The maximum absolute atomic E-state index is 12.2. The molecule has 0 saturated heterocycles. The molecule has 0 saturated carbocycles. The molecule has 0 aliphatic carbocycles. The first-order valence-corrected chi connectivity index (χ1v) is 6.44. The molecule has 1 aromatic heterocycles. The Hall–Kier alpha value is -2.39. The van der Waals surface area contributed by atoms with Gasteiger partial charge in [0.25, 0.3) is 5.91 Å². The van der Waals surface area contributed by atoms with Crippen LogP contribution in [-0.2, 0) is 0 Å². The molecule has 0 atom stereocenters. The highest BCUT2D eigenvalue weighted by Crippen LogP contribution is 2.23. The fourth-order valence-electron chi connectivity index (χ4n) is 1.64. The van der Waals surface area contributed by atoms with Crippen LogP contribution >= 0.6 is 15.9 Å². The van der Waals surface area contributed by atoms with Crippen molar-refractivity contribution >= 4 is 27.5 Å². The maximum Gasteiger partial charge on any atom is 0.259 e. The minimum atomic E-state index is -0.362. The molecule has 0 fully saturated rings. The lowest BCUT2D eigenvalue weighted by Crippen LogP contribution is -2.14. The third-order valence-electron chi connectivity index (χ3n) is 2.60. The van der Waals surface area contributed by atoms with Crippen molar-refractivity contribution in [2.75, 3.05) is 12.4 Å². The molecule has 20 heavy (non-hydrogen) atoms. The zero-order valence-electron chi connectivity index (χ0n) is 10.6. The lowest BCUT2D eigenvalue weighted by molar-refractivity contribution is 0.102. The molecule has 0 aliphatic heterocycles. The largest absolute Gasteiger partial charge is 0.494 e. The number of carbonyl (C=O) groups excluding carboxylic acids is 1. The minimum Gasteiger partial charge on any atom is -0.494 e. The van der Waals surface area contributed by atoms with Crippen molar-refractivity contribution in [2.45, 2.75) is 0 Å². The molecule has 2 rings (SSSR count). The molecule has 1 heterocycles. The van der Waals surface area contributed by atoms with Gasteiger partial charge < -0.3 is 10.1 Å². The van der Waals surface area contributed by atoms with Crippen LogP contribution in [0.1, 0.15) is 15.9 Å². The summed E-state index contributed by atoms with van der Waals surface area (Å²) < 4.78 is 5.86. The van der Waals surface area contributed by atoms with Crippen LogP contribution < -0.4 is 10.1 Å². The summed E-state index contributed by atoms with van der Waals surface area (Å²) in [6.45, 7) is 0. The van der Waals surface area contributed by atoms with Gasteiger partial charge in [-0.25, -0.2) is 0 Å². The quantitative estimate of drug-likeness (QED) is 0.938. The van der Waals surface area contributed by atoms with E-state index in [1.54, 1.807) is 24.3 Å². The molecular formula is C14H10BrN3O2. The Balaban J connectivity index is 2.33. The molecule has 100 valence electrons. The van der Waals surface area contributed by atoms with Crippen LogP contribution in [0.5, 0.6) is 5.75 Å². The van der Waals surface area contributed by atoms with Crippen LogP contribution in [0.3, 0.4) is 0 Å². The fourth-order valence-corrected chi connectivity index (χ4v) is 2.00. The molecule has 1 amide bonds. The molecule has 0 bridgehead atoms. The Morgan fingerprint density at radius 3 is 2.95 bits per heavy atom. The third kappa shape index (κ3) is 2.95. The molecule has 0 aliphatic rings. The average molecular weight is 332 g/mol. The number of halogens is 1. The molecular weight excluding hydrogens is 322 g/mol. The lowest BCUT2D eigenvalue weighted by atomic mass is 10.1. The van der Waals surface area contributed by atoms with Gasteiger partial charge in [0.2, 0.25) is 0 Å². The number of anilines is 1. The maximum atomic E-state index is 12.2. The standard InChI is InChI=1S/C14H10BrN3O2/c1-20-13-8-17-5-4-11(13)14(19)18-12-6-10(15)3-2-9(12)7-16/h2-6,8H,1H3,(H,18,19). The fraction of sp³-hybridized carbons (Fsp3) is 0.0714. The topological polar surface area (TPSA) is 75.0 Å². The number of amides is 1. The van der Waals surface area contributed by atoms with Gasteiger partial charge in [-0.2, -0.15) is 5.26 Å². The van der Waals surface area contributed by atoms with Crippen LogP contribution in [0, 0.1) is 11.3 Å². The van der Waals surface area contributed by atoms with Crippen LogP contribution in [-0.4, -0.2) is 18.0 Å². The highest BCUT2D eigenvalue weighted by Gasteiger charge is 2.14. The van der Waals surface area contributed by atoms with Crippen LogP contribution in [0.4, 0.5) is 5.69 Å². The Labute approximate surface area is 124 Å². The molecule has 2 aromatic rings. The van der Waals surface area contributed by atoms with Crippen LogP contribution in [0.2, 0.25) is 0 Å². The first-order valence-electron chi connectivity index (χ1n) is 5.64. The van der Waals surface area contributed by atoms with Crippen LogP contribution in [0.15, 0.2) is 41.1 Å². The first-order chi connectivity index (χ1) is 9.65. The van der Waals surface area contributed by atoms with Crippen molar-refractivity contribution in [2.24, 2.45) is 0 Å². The van der Waals surface area contributed by atoms with Crippen molar-refractivity contribution in [1.29, 1.82) is 5.26 Å². The third-order valence-corrected chi connectivity index (χ3v) is 3.09. The molecule has 5 nitrogen and oxygen atoms in total. The van der Waals surface area contributed by atoms with E-state index in [-0.39, 0.29) is 5.91 Å². The number of rotatable bonds is 3. The number of hydrogen-bond donors (Lipinski definition) is 1. The van der Waals surface area contributed by atoms with Gasteiger partial charge in [0, 0.05) is 10.7 Å². The van der Waals surface area contributed by atoms with Crippen LogP contribution in [0.25, 0.3) is 0 Å². The molecule has 0 radical (unpaired) electrons. The summed E-state index contributed by atoms with van der Waals surface area (Å²) in [5.74, 6) is 0.0114. The second-order valence-corrected chi connectivity index (χ2v) is 4.75. The summed E-state index contributed by atoms with van der Waals surface area (Å²) >= 11 is 3.30. The predicted octanol–water partition coefficient (Wildman–Crippen LogP) is 2.98. The van der Waals surface area contributed by atoms with Crippen molar-refractivity contribution in [3.63, 3.8) is 0 Å². The van der Waals surface area contributed by atoms with Crippen molar-refractivity contribution in [3.05, 3.63) is 52.3 Å². The summed E-state index contributed by atoms with van der Waals surface area (Å²) in [4.78, 5) is 16.1. The van der Waals surface area contributed by atoms with E-state index >= 15 is 0 Å². The second kappa shape index (κ2) is 6.17. The Morgan fingerprint density at radius 2 is 2.25 bits per heavy atom. The van der Waals surface area contributed by atoms with Crippen molar-refractivity contribution < 1.29 is 9.53 Å². The van der Waals surface area contributed by atoms with E-state index in [0.29, 0.717) is 22.6 Å². The number of benzene rings is 1. The molecule has 1 N–H and O–H groups in total. The number of aromatic nitrogens is 1. The van der Waals surface area contributed by atoms with Gasteiger partial charge in [0.1, 0.15) is 11.8 Å². The van der Waals surface area contributed by atoms with E-state index in [9.17, 15) is 4.79 Å². The number of carbonyl (C=O) groups is 1. The summed E-state index contributed by atoms with van der Waals surface area (Å²) in [5.41, 5.74) is 1.17. The van der Waals surface area contributed by atoms with E-state index < -0.39 is 0 Å². The van der Waals surface area contributed by atoms with Gasteiger partial charge >= 0.3 is 0 Å². The minimum absolute atomic E-state index is 0.353. The zero-order valence-corrected chi connectivity index (χ0v) is 12.1. The average Bonchev–Trinajstić information content (AvgIpc) is 2.47. The SMILES string of the molecule is COc1cnccc1C(=O)Nc1cc(Br)ccc1C#N. The molecule has 0 spiro atoms. The highest BCUT2D eigenvalue weighted by atomic mass is 79.9. The van der Waals surface area contributed by atoms with Gasteiger partial charge in [-0.1, -0.05) is 15.9 Å². The van der Waals surface area contributed by atoms with E-state index in [1.807, 2.05) is 6.07 Å². The monoisotopic (exact) mass is 331 g/mol. The zero-order chi connectivity index (χ0) is 14.5. The number of nitriles is 1. The molecule has 6 heteroatoms. The second-order valence-electron chi connectivity index (χ2n) is 3.83. The Morgan fingerprint density at radius 1 is 1.45 bits per heavy atom. The summed E-state index contributed by atoms with van der Waals surface area (Å²) in [5, 5.41) is 11.7. The number of ether oxygens (including phenoxy) is 1. The number of nitrogens with one attached hydrogen (secondary N) is 1. The van der Waals surface area contributed by atoms with Gasteiger partial charge in [0.05, 0.1) is 30.1 Å². The highest BCUT2D eigenvalue weighted by molar-refractivity contribution is 9.10. The Kier molecular flexibility index (Phi) is 4.33. The van der Waals surface area contributed by atoms with E-state index in [0.717, 1.165) is 4.47 Å². The van der Waals surface area contributed by atoms with Crippen molar-refractivity contribution in [1.82, 2.24) is 4.98 Å². The van der Waals surface area contributed by atoms with Crippen molar-refractivity contribution in [3.8, 4) is 11.8 Å². The Bertz CT molecular complexity index is 695. The van der Waals surface area contributed by atoms with E-state index in [1.165, 1.54) is 19.5 Å². The van der Waals surface area contributed by atoms with E-state index in [2.05, 4.69) is 26.2 Å². The number of methoxy groups -OCH3 is 1. The molecule has 0 unspecified atom stereocenters. The smallest absolute Gasteiger partial charge is 0.259 e. The van der Waals surface area contributed by atoms with Gasteiger partial charge in [-0.05, 0) is 24.3 Å². The normalized spacial score (nSPS) is 9.65. The first kappa shape index (κ1) is 14.0. The molecule has 1 aromatic carbocycles. The number of nitrogens with zero attached hydrogens (tertiary/aromatic N) is 2. The van der Waals surface area contributed by atoms with Gasteiger partial charge in [-0.3, -0.25) is 9.78 Å². The summed E-state index contributed by atoms with van der Waals surface area (Å²) in [6, 6.07) is 8.62. The van der Waals surface area contributed by atoms with Gasteiger partial charge in [-0.15, -0.1) is 0 Å². The lowest BCUT2D eigenvalue weighted by Gasteiger charge is -2.10. The number of hydrogen-bond acceptors (Lipinski definition) is 4. The summed E-state index contributed by atoms with van der Waals surface area (Å²) in [7, 11) is 1.47. The summed E-state index contributed by atoms with van der Waals surface area (Å²) in [6.07, 6.45) is 2.96. The number of pyridine rings is 1. The van der Waals surface area contributed by atoms with Gasteiger partial charge in [0.15, 0.2) is 0 Å². The van der Waals surface area contributed by atoms with E-state index in [4.69, 9.17) is 10.00 Å².